The fourth-order valence-corrected chi connectivity index (χ4v) is 2.40. The average Bonchev–Trinajstić information content (AvgIpc) is 2.97. The fraction of sp³-hybridized carbons (Fsp3) is 0.438. The monoisotopic (exact) mass is 284 g/mol. The normalized spacial score (nSPS) is 19.9. The summed E-state index contributed by atoms with van der Waals surface area (Å²) >= 11 is 0. The van der Waals surface area contributed by atoms with Crippen LogP contribution >= 0.6 is 0 Å². The van der Waals surface area contributed by atoms with E-state index in [1.165, 1.54) is 5.56 Å². The van der Waals surface area contributed by atoms with E-state index in [0.29, 0.717) is 0 Å². The van der Waals surface area contributed by atoms with Crippen LogP contribution in [0.1, 0.15) is 33.3 Å². The van der Waals surface area contributed by atoms with Crippen LogP contribution in [0.4, 0.5) is 0 Å². The van der Waals surface area contributed by atoms with E-state index in [-0.39, 0.29) is 18.3 Å². The molecule has 2 aromatic rings. The third-order valence-electron chi connectivity index (χ3n) is 4.38. The second-order valence-corrected chi connectivity index (χ2v) is 6.54. The number of benzene rings is 1. The number of hydrogen-bond acceptors (Lipinski definition) is 3. The van der Waals surface area contributed by atoms with Gasteiger partial charge in [-0.15, -0.1) is 0 Å². The molecule has 0 N–H and O–H groups in total. The number of hydrogen-bond donors (Lipinski definition) is 0. The predicted molar refractivity (Wildman–Crippen MR) is 83.5 cm³/mol. The first-order valence-electron chi connectivity index (χ1n) is 7.29. The molecule has 21 heavy (non-hydrogen) atoms. The molecule has 1 aliphatic heterocycles. The first kappa shape index (κ1) is 14.4. The zero-order valence-electron chi connectivity index (χ0n) is 13.0. The Morgan fingerprint density at radius 1 is 1.10 bits per heavy atom. The van der Waals surface area contributed by atoms with Crippen LogP contribution in [-0.4, -0.2) is 28.1 Å². The Bertz CT molecular complexity index is 607. The molecule has 0 amide bonds. The van der Waals surface area contributed by atoms with Crippen LogP contribution in [0, 0.1) is 0 Å². The molecular formula is C16H21BN2O2. The lowest BCUT2D eigenvalue weighted by atomic mass is 9.78. The number of rotatable bonds is 3. The van der Waals surface area contributed by atoms with E-state index in [1.54, 1.807) is 6.20 Å². The molecule has 1 saturated heterocycles. The molecule has 0 saturated carbocycles. The van der Waals surface area contributed by atoms with Crippen molar-refractivity contribution < 1.29 is 9.31 Å². The minimum Gasteiger partial charge on any atom is -0.399 e. The largest absolute Gasteiger partial charge is 0.494 e. The van der Waals surface area contributed by atoms with Crippen LogP contribution in [0.2, 0.25) is 0 Å². The Labute approximate surface area is 126 Å². The van der Waals surface area contributed by atoms with E-state index in [1.807, 2.05) is 23.0 Å². The molecule has 4 nitrogen and oxygen atoms in total. The molecule has 0 unspecified atom stereocenters. The molecule has 1 fully saturated rings. The third kappa shape index (κ3) is 2.76. The standard InChI is InChI=1S/C16H21BN2O2/c1-15(2)16(3,4)21-17(20-15)14-8-5-7-13(11-14)12-19-10-6-9-18-19/h5-11H,12H2,1-4H3. The molecule has 2 heterocycles. The van der Waals surface area contributed by atoms with Gasteiger partial charge in [0.25, 0.3) is 0 Å². The summed E-state index contributed by atoms with van der Waals surface area (Å²) in [6.45, 7) is 9.03. The average molecular weight is 284 g/mol. The van der Waals surface area contributed by atoms with Gasteiger partial charge in [-0.3, -0.25) is 4.68 Å². The lowest BCUT2D eigenvalue weighted by Crippen LogP contribution is -2.41. The smallest absolute Gasteiger partial charge is 0.399 e. The van der Waals surface area contributed by atoms with Crippen molar-refractivity contribution in [2.75, 3.05) is 0 Å². The predicted octanol–water partition coefficient (Wildman–Crippen LogP) is 2.23. The van der Waals surface area contributed by atoms with Gasteiger partial charge >= 0.3 is 7.12 Å². The molecule has 0 atom stereocenters. The highest BCUT2D eigenvalue weighted by atomic mass is 16.7. The first-order chi connectivity index (χ1) is 9.87. The van der Waals surface area contributed by atoms with Gasteiger partial charge in [0, 0.05) is 12.4 Å². The van der Waals surface area contributed by atoms with Gasteiger partial charge in [-0.05, 0) is 44.8 Å². The summed E-state index contributed by atoms with van der Waals surface area (Å²) in [6, 6.07) is 10.2. The Morgan fingerprint density at radius 2 is 1.81 bits per heavy atom. The van der Waals surface area contributed by atoms with Crippen LogP contribution in [0.5, 0.6) is 0 Å². The fourth-order valence-electron chi connectivity index (χ4n) is 2.40. The van der Waals surface area contributed by atoms with Crippen LogP contribution in [-0.2, 0) is 15.9 Å². The quantitative estimate of drug-likeness (QED) is 0.811. The maximum atomic E-state index is 6.10. The summed E-state index contributed by atoms with van der Waals surface area (Å²) in [5.74, 6) is 0. The van der Waals surface area contributed by atoms with Gasteiger partial charge in [0.15, 0.2) is 0 Å². The van der Waals surface area contributed by atoms with Crippen molar-refractivity contribution in [2.24, 2.45) is 0 Å². The molecule has 3 rings (SSSR count). The van der Waals surface area contributed by atoms with Crippen molar-refractivity contribution in [3.63, 3.8) is 0 Å². The Balaban J connectivity index is 1.81. The van der Waals surface area contributed by atoms with Gasteiger partial charge in [-0.1, -0.05) is 24.3 Å². The molecule has 1 aromatic carbocycles. The molecular weight excluding hydrogens is 263 g/mol. The molecule has 0 radical (unpaired) electrons. The second kappa shape index (κ2) is 5.00. The molecule has 1 aromatic heterocycles. The van der Waals surface area contributed by atoms with E-state index < -0.39 is 0 Å². The van der Waals surface area contributed by atoms with Crippen molar-refractivity contribution in [3.8, 4) is 0 Å². The van der Waals surface area contributed by atoms with E-state index in [0.717, 1.165) is 12.0 Å². The Hall–Kier alpha value is -1.59. The molecule has 0 bridgehead atoms. The lowest BCUT2D eigenvalue weighted by Gasteiger charge is -2.32. The summed E-state index contributed by atoms with van der Waals surface area (Å²) < 4.78 is 14.1. The van der Waals surface area contributed by atoms with Gasteiger partial charge in [0.05, 0.1) is 17.7 Å². The second-order valence-electron chi connectivity index (χ2n) is 6.54. The molecule has 0 aliphatic carbocycles. The highest BCUT2D eigenvalue weighted by Crippen LogP contribution is 2.36. The zero-order valence-corrected chi connectivity index (χ0v) is 13.0. The van der Waals surface area contributed by atoms with Crippen molar-refractivity contribution in [1.82, 2.24) is 9.78 Å². The molecule has 110 valence electrons. The van der Waals surface area contributed by atoms with Crippen LogP contribution in [0.3, 0.4) is 0 Å². The summed E-state index contributed by atoms with van der Waals surface area (Å²) in [5.41, 5.74) is 1.62. The van der Waals surface area contributed by atoms with Crippen molar-refractivity contribution in [2.45, 2.75) is 45.4 Å². The van der Waals surface area contributed by atoms with E-state index in [9.17, 15) is 0 Å². The highest BCUT2D eigenvalue weighted by Gasteiger charge is 2.51. The summed E-state index contributed by atoms with van der Waals surface area (Å²) in [5, 5.41) is 4.24. The maximum Gasteiger partial charge on any atom is 0.494 e. The summed E-state index contributed by atoms with van der Waals surface area (Å²) in [7, 11) is -0.312. The van der Waals surface area contributed by atoms with E-state index in [2.05, 4.69) is 51.0 Å². The lowest BCUT2D eigenvalue weighted by molar-refractivity contribution is 0.00578. The Morgan fingerprint density at radius 3 is 2.43 bits per heavy atom. The number of nitrogens with zero attached hydrogens (tertiary/aromatic N) is 2. The van der Waals surface area contributed by atoms with Crippen LogP contribution in [0.15, 0.2) is 42.7 Å². The number of aromatic nitrogens is 2. The third-order valence-corrected chi connectivity index (χ3v) is 4.38. The van der Waals surface area contributed by atoms with Crippen LogP contribution in [0.25, 0.3) is 0 Å². The highest BCUT2D eigenvalue weighted by molar-refractivity contribution is 6.62. The minimum atomic E-state index is -0.312. The van der Waals surface area contributed by atoms with Gasteiger partial charge in [0.2, 0.25) is 0 Å². The zero-order chi connectivity index (χ0) is 15.1. The maximum absolute atomic E-state index is 6.10. The van der Waals surface area contributed by atoms with Gasteiger partial charge in [-0.25, -0.2) is 0 Å². The van der Waals surface area contributed by atoms with Gasteiger partial charge in [-0.2, -0.15) is 5.10 Å². The van der Waals surface area contributed by atoms with Crippen LogP contribution < -0.4 is 5.46 Å². The van der Waals surface area contributed by atoms with E-state index >= 15 is 0 Å². The van der Waals surface area contributed by atoms with E-state index in [4.69, 9.17) is 9.31 Å². The molecule has 5 heteroatoms. The summed E-state index contributed by atoms with van der Waals surface area (Å²) in [6.07, 6.45) is 3.75. The van der Waals surface area contributed by atoms with Crippen molar-refractivity contribution in [3.05, 3.63) is 48.3 Å². The minimum absolute atomic E-state index is 0.310. The molecule has 1 aliphatic rings. The first-order valence-corrected chi connectivity index (χ1v) is 7.29. The Kier molecular flexibility index (Phi) is 3.42. The SMILES string of the molecule is CC1(C)OB(c2cccc(Cn3cccn3)c2)OC1(C)C. The molecule has 0 spiro atoms. The van der Waals surface area contributed by atoms with Crippen molar-refractivity contribution in [1.29, 1.82) is 0 Å². The summed E-state index contributed by atoms with van der Waals surface area (Å²) in [4.78, 5) is 0. The van der Waals surface area contributed by atoms with Crippen molar-refractivity contribution >= 4 is 12.6 Å². The topological polar surface area (TPSA) is 36.3 Å². The van der Waals surface area contributed by atoms with Gasteiger partial charge in [0.1, 0.15) is 0 Å². The van der Waals surface area contributed by atoms with Gasteiger partial charge < -0.3 is 9.31 Å².